The quantitative estimate of drug-likeness (QED) is 0.326. The van der Waals surface area contributed by atoms with Gasteiger partial charge in [0.1, 0.15) is 11.5 Å². The number of Topliss-reactive ketones (excluding diaryl/α,β-unsaturated/α-hetero) is 1. The number of ketones is 1. The van der Waals surface area contributed by atoms with Crippen molar-refractivity contribution in [3.63, 3.8) is 0 Å². The number of fused-ring (bicyclic) bond motifs is 5. The molecule has 2 saturated carbocycles. The van der Waals surface area contributed by atoms with Crippen molar-refractivity contribution in [2.24, 2.45) is 23.2 Å². The van der Waals surface area contributed by atoms with Crippen LogP contribution in [0.3, 0.4) is 0 Å². The molecule has 0 bridgehead atoms. The van der Waals surface area contributed by atoms with Crippen LogP contribution < -0.4 is 0 Å². The number of hydrogen-bond donors (Lipinski definition) is 1. The smallest absolute Gasteiger partial charge is 0.200 e. The molecule has 2 aromatic rings. The number of halogens is 5. The highest BCUT2D eigenvalue weighted by atomic mass is 19.2. The number of phenolic OH excluding ortho intramolecular Hbond substituents is 1. The fourth-order valence-corrected chi connectivity index (χ4v) is 7.09. The molecule has 2 nitrogen and oxygen atoms in total. The van der Waals surface area contributed by atoms with Gasteiger partial charge >= 0.3 is 0 Å². The van der Waals surface area contributed by atoms with Gasteiger partial charge in [0.15, 0.2) is 23.3 Å². The summed E-state index contributed by atoms with van der Waals surface area (Å²) in [6.07, 6.45) is 3.32. The van der Waals surface area contributed by atoms with Gasteiger partial charge in [0.05, 0.1) is 0 Å². The predicted octanol–water partition coefficient (Wildman–Crippen LogP) is 6.37. The monoisotopic (exact) mass is 464 g/mol. The van der Waals surface area contributed by atoms with Crippen molar-refractivity contribution in [2.45, 2.75) is 57.8 Å². The van der Waals surface area contributed by atoms with Crippen LogP contribution in [-0.2, 0) is 17.6 Å². The standard InChI is InChI=1S/C26H25F5O2/c1-26-9-8-16-15-7-4-14(32)10-12(15)2-5-17(16)20(26)13(11-19(26)33)3-6-18-21(27)23(29)25(31)24(30)22(18)28/h4,7,10,13,16-17,20,32H,2-3,5-6,8-9,11H2,1H3/t13-,16-,17-,20+,26-/m1/s1. The number of aromatic hydroxyl groups is 1. The van der Waals surface area contributed by atoms with Gasteiger partial charge in [-0.25, -0.2) is 22.0 Å². The van der Waals surface area contributed by atoms with E-state index in [-0.39, 0.29) is 54.5 Å². The number of carbonyl (C=O) groups is 1. The van der Waals surface area contributed by atoms with Crippen molar-refractivity contribution in [1.82, 2.24) is 0 Å². The second-order valence-corrected chi connectivity index (χ2v) is 10.1. The van der Waals surface area contributed by atoms with Crippen molar-refractivity contribution in [3.8, 4) is 5.75 Å². The van der Waals surface area contributed by atoms with Crippen molar-refractivity contribution in [1.29, 1.82) is 0 Å². The lowest BCUT2D eigenvalue weighted by molar-refractivity contribution is -0.129. The summed E-state index contributed by atoms with van der Waals surface area (Å²) >= 11 is 0. The minimum atomic E-state index is -2.15. The van der Waals surface area contributed by atoms with Gasteiger partial charge in [0.2, 0.25) is 5.82 Å². The molecule has 0 saturated heterocycles. The topological polar surface area (TPSA) is 37.3 Å². The summed E-state index contributed by atoms with van der Waals surface area (Å²) in [5.41, 5.74) is 0.965. The number of aryl methyl sites for hydroxylation is 1. The van der Waals surface area contributed by atoms with Gasteiger partial charge in [-0.3, -0.25) is 4.79 Å². The second-order valence-electron chi connectivity index (χ2n) is 10.1. The molecule has 0 aromatic heterocycles. The molecule has 0 amide bonds. The molecule has 3 aliphatic rings. The summed E-state index contributed by atoms with van der Waals surface area (Å²) in [6.45, 7) is 1.97. The molecule has 1 N–H and O–H groups in total. The molecule has 176 valence electrons. The first-order valence-corrected chi connectivity index (χ1v) is 11.5. The number of benzene rings is 2. The number of hydrogen-bond acceptors (Lipinski definition) is 2. The molecule has 33 heavy (non-hydrogen) atoms. The predicted molar refractivity (Wildman–Crippen MR) is 111 cm³/mol. The first-order chi connectivity index (χ1) is 15.6. The van der Waals surface area contributed by atoms with Crippen molar-refractivity contribution in [3.05, 3.63) is 64.0 Å². The van der Waals surface area contributed by atoms with Gasteiger partial charge in [-0.1, -0.05) is 13.0 Å². The lowest BCUT2D eigenvalue weighted by Crippen LogP contribution is -2.44. The molecule has 0 spiro atoms. The van der Waals surface area contributed by atoms with Crippen molar-refractivity contribution < 1.29 is 31.9 Å². The summed E-state index contributed by atoms with van der Waals surface area (Å²) in [6, 6.07) is 5.42. The molecule has 0 unspecified atom stereocenters. The Hall–Kier alpha value is -2.44. The van der Waals surface area contributed by atoms with E-state index >= 15 is 0 Å². The SMILES string of the molecule is C[C@]12CC[C@@H]3c4ccc(O)cc4CC[C@H]3[C@@H]1[C@H](CCc1c(F)c(F)c(F)c(F)c1F)CC2=O. The van der Waals surface area contributed by atoms with Crippen LogP contribution in [0.15, 0.2) is 18.2 Å². The third-order valence-corrected chi connectivity index (χ3v) is 8.62. The van der Waals surface area contributed by atoms with Crippen molar-refractivity contribution >= 4 is 5.78 Å². The van der Waals surface area contributed by atoms with Crippen LogP contribution >= 0.6 is 0 Å². The zero-order valence-corrected chi connectivity index (χ0v) is 18.2. The molecular formula is C26H25F5O2. The summed E-state index contributed by atoms with van der Waals surface area (Å²) in [5, 5.41) is 9.85. The van der Waals surface area contributed by atoms with Crippen LogP contribution in [0.4, 0.5) is 22.0 Å². The third kappa shape index (κ3) is 3.29. The Bertz CT molecular complexity index is 1120. The van der Waals surface area contributed by atoms with E-state index in [9.17, 15) is 31.9 Å². The Labute approximate surface area is 188 Å². The Balaban J connectivity index is 1.45. The lowest BCUT2D eigenvalue weighted by atomic mass is 9.54. The van der Waals surface area contributed by atoms with E-state index < -0.39 is 40.1 Å². The highest BCUT2D eigenvalue weighted by Gasteiger charge is 2.58. The summed E-state index contributed by atoms with van der Waals surface area (Å²) in [5.74, 6) is -8.98. The average molecular weight is 464 g/mol. The molecule has 0 radical (unpaired) electrons. The van der Waals surface area contributed by atoms with E-state index in [1.54, 1.807) is 12.1 Å². The minimum Gasteiger partial charge on any atom is -0.508 e. The van der Waals surface area contributed by atoms with Crippen LogP contribution in [0.1, 0.15) is 61.6 Å². The van der Waals surface area contributed by atoms with Gasteiger partial charge in [-0.15, -0.1) is 0 Å². The molecular weight excluding hydrogens is 439 g/mol. The maximum absolute atomic E-state index is 14.2. The average Bonchev–Trinajstić information content (AvgIpc) is 3.06. The fourth-order valence-electron chi connectivity index (χ4n) is 7.09. The zero-order valence-electron chi connectivity index (χ0n) is 18.2. The zero-order chi connectivity index (χ0) is 23.7. The maximum atomic E-state index is 14.2. The normalized spacial score (nSPS) is 30.7. The van der Waals surface area contributed by atoms with Gasteiger partial charge in [-0.05, 0) is 85.5 Å². The van der Waals surface area contributed by atoms with Crippen molar-refractivity contribution in [2.75, 3.05) is 0 Å². The Morgan fingerprint density at radius 3 is 2.36 bits per heavy atom. The van der Waals surface area contributed by atoms with E-state index in [0.717, 1.165) is 24.8 Å². The highest BCUT2D eigenvalue weighted by molar-refractivity contribution is 5.87. The Kier molecular flexibility index (Phi) is 5.29. The number of rotatable bonds is 3. The summed E-state index contributed by atoms with van der Waals surface area (Å²) in [7, 11) is 0. The molecule has 0 aliphatic heterocycles. The molecule has 0 heterocycles. The van der Waals surface area contributed by atoms with Gasteiger partial charge in [0.25, 0.3) is 0 Å². The van der Waals surface area contributed by atoms with E-state index in [1.807, 2.05) is 13.0 Å². The van der Waals surface area contributed by atoms with E-state index in [4.69, 9.17) is 0 Å². The maximum Gasteiger partial charge on any atom is 0.200 e. The van der Waals surface area contributed by atoms with E-state index in [1.165, 1.54) is 5.56 Å². The molecule has 2 aromatic carbocycles. The van der Waals surface area contributed by atoms with E-state index in [0.29, 0.717) is 6.42 Å². The fraction of sp³-hybridized carbons (Fsp3) is 0.500. The Morgan fingerprint density at radius 1 is 1.00 bits per heavy atom. The van der Waals surface area contributed by atoms with Crippen LogP contribution in [0.5, 0.6) is 5.75 Å². The largest absolute Gasteiger partial charge is 0.508 e. The van der Waals surface area contributed by atoms with Gasteiger partial charge in [-0.2, -0.15) is 0 Å². The minimum absolute atomic E-state index is 0.00744. The number of carbonyl (C=O) groups excluding carboxylic acids is 1. The Morgan fingerprint density at radius 2 is 1.67 bits per heavy atom. The van der Waals surface area contributed by atoms with Gasteiger partial charge in [0, 0.05) is 17.4 Å². The highest BCUT2D eigenvalue weighted by Crippen LogP contribution is 2.62. The molecule has 2 fully saturated rings. The van der Waals surface area contributed by atoms with Gasteiger partial charge < -0.3 is 5.11 Å². The molecule has 7 heteroatoms. The van der Waals surface area contributed by atoms with Crippen LogP contribution in [-0.4, -0.2) is 10.9 Å². The molecule has 5 rings (SSSR count). The summed E-state index contributed by atoms with van der Waals surface area (Å²) < 4.78 is 69.2. The lowest BCUT2D eigenvalue weighted by Gasteiger charge is -2.50. The first-order valence-electron chi connectivity index (χ1n) is 11.5. The van der Waals surface area contributed by atoms with Crippen LogP contribution in [0.25, 0.3) is 0 Å². The van der Waals surface area contributed by atoms with E-state index in [2.05, 4.69) is 0 Å². The third-order valence-electron chi connectivity index (χ3n) is 8.62. The first kappa shape index (κ1) is 22.4. The second kappa shape index (κ2) is 7.81. The van der Waals surface area contributed by atoms with Crippen LogP contribution in [0.2, 0.25) is 0 Å². The molecule has 3 aliphatic carbocycles. The number of phenols is 1. The van der Waals surface area contributed by atoms with Crippen LogP contribution in [0, 0.1) is 52.3 Å². The summed E-state index contributed by atoms with van der Waals surface area (Å²) in [4.78, 5) is 13.1. The molecule has 5 atom stereocenters.